The lowest BCUT2D eigenvalue weighted by Crippen LogP contribution is -2.55. The van der Waals surface area contributed by atoms with E-state index in [1.165, 1.54) is 38.5 Å². The van der Waals surface area contributed by atoms with Gasteiger partial charge in [-0.05, 0) is 63.5 Å². The molecule has 0 aromatic heterocycles. The SMILES string of the molecule is CN(CC1CCCNC1)C(=O)C1NNC2CCN(C(=O)C3CC4CCCCC4N3)CC21. The number of carbonyl (C=O) groups excluding carboxylic acids is 2. The number of rotatable bonds is 4. The Balaban J connectivity index is 1.18. The van der Waals surface area contributed by atoms with Crippen molar-refractivity contribution in [3.8, 4) is 0 Å². The minimum atomic E-state index is -0.249. The molecule has 31 heavy (non-hydrogen) atoms. The van der Waals surface area contributed by atoms with Crippen LogP contribution in [0.1, 0.15) is 51.4 Å². The summed E-state index contributed by atoms with van der Waals surface area (Å²) in [5.74, 6) is 1.76. The zero-order valence-corrected chi connectivity index (χ0v) is 18.9. The van der Waals surface area contributed by atoms with Crippen LogP contribution in [-0.4, -0.2) is 85.6 Å². The molecule has 1 saturated carbocycles. The van der Waals surface area contributed by atoms with Crippen LogP contribution in [0.3, 0.4) is 0 Å². The lowest BCUT2D eigenvalue weighted by atomic mass is 9.84. The Labute approximate surface area is 186 Å². The number of amides is 2. The Morgan fingerprint density at radius 2 is 1.90 bits per heavy atom. The molecule has 0 aromatic rings. The lowest BCUT2D eigenvalue weighted by molar-refractivity contribution is -0.138. The highest BCUT2D eigenvalue weighted by atomic mass is 16.2. The Kier molecular flexibility index (Phi) is 6.51. The number of nitrogens with zero attached hydrogens (tertiary/aromatic N) is 2. The Morgan fingerprint density at radius 3 is 2.71 bits per heavy atom. The van der Waals surface area contributed by atoms with Gasteiger partial charge in [0, 0.05) is 44.7 Å². The van der Waals surface area contributed by atoms with Gasteiger partial charge in [0.2, 0.25) is 11.8 Å². The maximum Gasteiger partial charge on any atom is 0.241 e. The summed E-state index contributed by atoms with van der Waals surface area (Å²) in [5, 5.41) is 7.09. The lowest BCUT2D eigenvalue weighted by Gasteiger charge is -2.38. The molecule has 7 atom stereocenters. The van der Waals surface area contributed by atoms with E-state index >= 15 is 0 Å². The molecule has 4 saturated heterocycles. The molecule has 0 bridgehead atoms. The minimum absolute atomic E-state index is 0.0254. The van der Waals surface area contributed by atoms with Crippen molar-refractivity contribution in [3.63, 3.8) is 0 Å². The first-order chi connectivity index (χ1) is 15.1. The number of carbonyl (C=O) groups is 2. The minimum Gasteiger partial charge on any atom is -0.344 e. The third-order valence-corrected chi connectivity index (χ3v) is 8.56. The number of hydrogen-bond acceptors (Lipinski definition) is 6. The van der Waals surface area contributed by atoms with E-state index in [1.807, 2.05) is 16.8 Å². The summed E-state index contributed by atoms with van der Waals surface area (Å²) in [6, 6.07) is 0.526. The summed E-state index contributed by atoms with van der Waals surface area (Å²) >= 11 is 0. The van der Waals surface area contributed by atoms with E-state index in [4.69, 9.17) is 0 Å². The fourth-order valence-corrected chi connectivity index (χ4v) is 6.77. The second-order valence-electron chi connectivity index (χ2n) is 10.6. The van der Waals surface area contributed by atoms with E-state index in [0.717, 1.165) is 39.0 Å². The Bertz CT molecular complexity index is 654. The molecule has 2 amide bonds. The molecule has 4 aliphatic heterocycles. The molecular formula is C23H40N6O2. The van der Waals surface area contributed by atoms with Crippen LogP contribution in [0, 0.1) is 17.8 Å². The van der Waals surface area contributed by atoms with E-state index in [-0.39, 0.29) is 35.9 Å². The molecule has 0 aromatic carbocycles. The predicted octanol–water partition coefficient (Wildman–Crippen LogP) is 0.0586. The smallest absolute Gasteiger partial charge is 0.241 e. The van der Waals surface area contributed by atoms with Gasteiger partial charge in [0.05, 0.1) is 6.04 Å². The molecule has 4 heterocycles. The number of hydrogen-bond donors (Lipinski definition) is 4. The molecule has 0 spiro atoms. The van der Waals surface area contributed by atoms with E-state index in [2.05, 4.69) is 21.5 Å². The van der Waals surface area contributed by atoms with Crippen LogP contribution in [-0.2, 0) is 9.59 Å². The second kappa shape index (κ2) is 9.33. The number of likely N-dealkylation sites (N-methyl/N-ethyl adjacent to an activating group) is 1. The van der Waals surface area contributed by atoms with E-state index in [1.54, 1.807) is 0 Å². The van der Waals surface area contributed by atoms with Crippen LogP contribution in [0.2, 0.25) is 0 Å². The zero-order valence-electron chi connectivity index (χ0n) is 18.9. The Hall–Kier alpha value is -1.22. The molecule has 5 rings (SSSR count). The topological polar surface area (TPSA) is 88.7 Å². The first-order valence-electron chi connectivity index (χ1n) is 12.6. The average molecular weight is 433 g/mol. The van der Waals surface area contributed by atoms with E-state index in [0.29, 0.717) is 24.4 Å². The first-order valence-corrected chi connectivity index (χ1v) is 12.6. The Morgan fingerprint density at radius 1 is 1.03 bits per heavy atom. The average Bonchev–Trinajstić information content (AvgIpc) is 3.42. The number of fused-ring (bicyclic) bond motifs is 2. The fraction of sp³-hybridized carbons (Fsp3) is 0.913. The summed E-state index contributed by atoms with van der Waals surface area (Å²) in [6.45, 7) is 4.35. The van der Waals surface area contributed by atoms with Gasteiger partial charge in [0.1, 0.15) is 6.04 Å². The van der Waals surface area contributed by atoms with Gasteiger partial charge in [0.15, 0.2) is 0 Å². The van der Waals surface area contributed by atoms with Crippen LogP contribution in [0.25, 0.3) is 0 Å². The third kappa shape index (κ3) is 4.49. The van der Waals surface area contributed by atoms with Crippen LogP contribution < -0.4 is 21.5 Å². The molecule has 7 unspecified atom stereocenters. The van der Waals surface area contributed by atoms with Gasteiger partial charge in [-0.1, -0.05) is 12.8 Å². The summed E-state index contributed by atoms with van der Waals surface area (Å²) in [5.41, 5.74) is 6.63. The zero-order chi connectivity index (χ0) is 21.4. The largest absolute Gasteiger partial charge is 0.344 e. The molecule has 8 nitrogen and oxygen atoms in total. The van der Waals surface area contributed by atoms with Gasteiger partial charge < -0.3 is 20.4 Å². The monoisotopic (exact) mass is 432 g/mol. The van der Waals surface area contributed by atoms with E-state index < -0.39 is 0 Å². The first kappa shape index (κ1) is 21.6. The molecule has 4 N–H and O–H groups in total. The highest BCUT2D eigenvalue weighted by Crippen LogP contribution is 2.34. The van der Waals surface area contributed by atoms with Gasteiger partial charge in [-0.15, -0.1) is 0 Å². The summed E-state index contributed by atoms with van der Waals surface area (Å²) in [4.78, 5) is 30.5. The molecule has 5 aliphatic rings. The molecule has 174 valence electrons. The number of hydrazine groups is 1. The van der Waals surface area contributed by atoms with Crippen molar-refractivity contribution in [1.82, 2.24) is 31.3 Å². The number of likely N-dealkylation sites (tertiary alicyclic amines) is 1. The second-order valence-corrected chi connectivity index (χ2v) is 10.6. The maximum atomic E-state index is 13.3. The molecule has 5 fully saturated rings. The van der Waals surface area contributed by atoms with Crippen molar-refractivity contribution in [2.75, 3.05) is 39.8 Å². The van der Waals surface area contributed by atoms with Gasteiger partial charge in [-0.25, -0.2) is 5.43 Å². The number of nitrogens with one attached hydrogen (secondary N) is 4. The van der Waals surface area contributed by atoms with Crippen molar-refractivity contribution >= 4 is 11.8 Å². The summed E-state index contributed by atoms with van der Waals surface area (Å²) < 4.78 is 0. The molecular weight excluding hydrogens is 392 g/mol. The summed E-state index contributed by atoms with van der Waals surface area (Å²) in [7, 11) is 1.93. The van der Waals surface area contributed by atoms with Crippen LogP contribution in [0.5, 0.6) is 0 Å². The van der Waals surface area contributed by atoms with E-state index in [9.17, 15) is 9.59 Å². The third-order valence-electron chi connectivity index (χ3n) is 8.56. The van der Waals surface area contributed by atoms with Crippen LogP contribution in [0.4, 0.5) is 0 Å². The quantitative estimate of drug-likeness (QED) is 0.503. The van der Waals surface area contributed by atoms with Gasteiger partial charge in [0.25, 0.3) is 0 Å². The maximum absolute atomic E-state index is 13.3. The molecule has 0 radical (unpaired) electrons. The normalized spacial score (nSPS) is 40.3. The van der Waals surface area contributed by atoms with Gasteiger partial charge in [-0.2, -0.15) is 0 Å². The highest BCUT2D eigenvalue weighted by molar-refractivity contribution is 5.84. The standard InChI is InChI=1S/C23H40N6O2/c1-28(13-15-5-4-9-24-12-15)23(31)21-17-14-29(10-8-19(17)26-27-21)22(30)20-11-16-6-2-3-7-18(16)25-20/h15-21,24-27H,2-14H2,1H3. The van der Waals surface area contributed by atoms with Crippen molar-refractivity contribution in [1.29, 1.82) is 0 Å². The highest BCUT2D eigenvalue weighted by Gasteiger charge is 2.47. The fourth-order valence-electron chi connectivity index (χ4n) is 6.77. The molecule has 1 aliphatic carbocycles. The van der Waals surface area contributed by atoms with Crippen molar-refractivity contribution in [3.05, 3.63) is 0 Å². The predicted molar refractivity (Wildman–Crippen MR) is 119 cm³/mol. The van der Waals surface area contributed by atoms with Gasteiger partial charge >= 0.3 is 0 Å². The van der Waals surface area contributed by atoms with Crippen molar-refractivity contribution in [2.24, 2.45) is 17.8 Å². The molecule has 8 heteroatoms. The van der Waals surface area contributed by atoms with Crippen molar-refractivity contribution < 1.29 is 9.59 Å². The number of piperidine rings is 2. The summed E-state index contributed by atoms with van der Waals surface area (Å²) in [6.07, 6.45) is 9.34. The van der Waals surface area contributed by atoms with Crippen LogP contribution in [0.15, 0.2) is 0 Å². The van der Waals surface area contributed by atoms with Gasteiger partial charge in [-0.3, -0.25) is 15.0 Å². The van der Waals surface area contributed by atoms with Crippen LogP contribution >= 0.6 is 0 Å². The van der Waals surface area contributed by atoms with Crippen molar-refractivity contribution in [2.45, 2.75) is 75.5 Å².